The van der Waals surface area contributed by atoms with Gasteiger partial charge in [-0.15, -0.1) is 0 Å². The van der Waals surface area contributed by atoms with Crippen LogP contribution in [-0.4, -0.2) is 45.3 Å². The van der Waals surface area contributed by atoms with Crippen LogP contribution in [-0.2, 0) is 16.6 Å². The number of carbonyl (C=O) groups is 1. The van der Waals surface area contributed by atoms with Gasteiger partial charge in [0.05, 0.1) is 5.60 Å². The maximum absolute atomic E-state index is 12.8. The number of ether oxygens (including phenoxy) is 1. The maximum Gasteiger partial charge on any atom is 0.219 e. The van der Waals surface area contributed by atoms with E-state index in [9.17, 15) is 15.0 Å². The number of aliphatic hydroxyl groups is 1. The van der Waals surface area contributed by atoms with Gasteiger partial charge in [-0.3, -0.25) is 4.79 Å². The zero-order chi connectivity index (χ0) is 23.1. The first-order valence-electron chi connectivity index (χ1n) is 12.3. The molecule has 1 aromatic rings. The largest absolute Gasteiger partial charge is 0.504 e. The van der Waals surface area contributed by atoms with Crippen molar-refractivity contribution < 1.29 is 19.7 Å². The van der Waals surface area contributed by atoms with Crippen LogP contribution in [0.4, 0.5) is 0 Å². The van der Waals surface area contributed by atoms with Crippen LogP contribution in [0.25, 0.3) is 0 Å². The molecule has 2 spiro atoms. The van der Waals surface area contributed by atoms with Gasteiger partial charge in [-0.2, -0.15) is 0 Å². The van der Waals surface area contributed by atoms with E-state index in [2.05, 4.69) is 38.7 Å². The SMILES string of the molecule is CC(=O)N1CC[C@]23c4c5ccc(O)c4O[C@H]2[C@@]2(C)CC[C@@]3(C[C@@H]2[C@](C)(O)C(C)(C)C)[C@H]1C5. The molecule has 1 saturated heterocycles. The van der Waals surface area contributed by atoms with Gasteiger partial charge in [0.1, 0.15) is 6.10 Å². The molecule has 5 heteroatoms. The van der Waals surface area contributed by atoms with E-state index in [1.807, 2.05) is 6.92 Å². The Bertz CT molecular complexity index is 1040. The standard InChI is InChI=1S/C27H37NO4/c1-15(29)28-12-11-27-20-16-7-8-17(30)21(20)32-22(27)24(5)9-10-26(27,19(28)13-16)14-18(24)25(6,31)23(2,3)4/h7-8,18-19,22,30-31H,9-14H2,1-6H3/t18-,19+,22-,24-,25-,26+,27-/m0/s1. The zero-order valence-corrected chi connectivity index (χ0v) is 20.3. The second-order valence-electron chi connectivity index (χ2n) is 12.9. The normalized spacial score (nSPS) is 42.8. The molecule has 2 heterocycles. The summed E-state index contributed by atoms with van der Waals surface area (Å²) < 4.78 is 6.81. The average molecular weight is 440 g/mol. The van der Waals surface area contributed by atoms with Crippen molar-refractivity contribution in [3.05, 3.63) is 23.3 Å². The Balaban J connectivity index is 1.64. The maximum atomic E-state index is 12.8. The number of nitrogens with zero attached hydrogens (tertiary/aromatic N) is 1. The highest BCUT2D eigenvalue weighted by molar-refractivity contribution is 5.75. The van der Waals surface area contributed by atoms with Crippen LogP contribution in [0.5, 0.6) is 11.5 Å². The summed E-state index contributed by atoms with van der Waals surface area (Å²) in [5.41, 5.74) is 0.756. The van der Waals surface area contributed by atoms with E-state index in [-0.39, 0.29) is 51.4 Å². The summed E-state index contributed by atoms with van der Waals surface area (Å²) in [4.78, 5) is 14.9. The van der Waals surface area contributed by atoms with Gasteiger partial charge in [-0.25, -0.2) is 0 Å². The van der Waals surface area contributed by atoms with Gasteiger partial charge in [0.2, 0.25) is 5.91 Å². The molecule has 5 nitrogen and oxygen atoms in total. The summed E-state index contributed by atoms with van der Waals surface area (Å²) in [6.07, 6.45) is 4.51. The molecule has 2 aliphatic heterocycles. The number of benzene rings is 1. The van der Waals surface area contributed by atoms with Crippen LogP contribution in [0.2, 0.25) is 0 Å². The summed E-state index contributed by atoms with van der Waals surface area (Å²) in [7, 11) is 0. The molecule has 0 radical (unpaired) electrons. The third-order valence-electron chi connectivity index (χ3n) is 11.1. The number of phenols is 1. The average Bonchev–Trinajstić information content (AvgIpc) is 3.06. The van der Waals surface area contributed by atoms with Crippen LogP contribution < -0.4 is 4.74 Å². The predicted octanol–water partition coefficient (Wildman–Crippen LogP) is 4.17. The minimum atomic E-state index is -0.882. The van der Waals surface area contributed by atoms with E-state index in [4.69, 9.17) is 4.74 Å². The molecule has 0 unspecified atom stereocenters. The smallest absolute Gasteiger partial charge is 0.219 e. The van der Waals surface area contributed by atoms with E-state index >= 15 is 0 Å². The first-order valence-corrected chi connectivity index (χ1v) is 12.3. The zero-order valence-electron chi connectivity index (χ0n) is 20.3. The van der Waals surface area contributed by atoms with Crippen molar-refractivity contribution in [2.45, 2.75) is 96.8 Å². The third-order valence-corrected chi connectivity index (χ3v) is 11.1. The number of hydrogen-bond donors (Lipinski definition) is 2. The lowest BCUT2D eigenvalue weighted by molar-refractivity contribution is -0.274. The second kappa shape index (κ2) is 5.65. The van der Waals surface area contributed by atoms with E-state index in [1.165, 1.54) is 11.1 Å². The summed E-state index contributed by atoms with van der Waals surface area (Å²) in [5.74, 6) is 1.11. The Morgan fingerprint density at radius 1 is 1.19 bits per heavy atom. The first kappa shape index (κ1) is 20.8. The lowest BCUT2D eigenvalue weighted by atomic mass is 9.31. The molecule has 32 heavy (non-hydrogen) atoms. The number of phenolic OH excluding ortho intramolecular Hbond substituents is 1. The van der Waals surface area contributed by atoms with Crippen LogP contribution >= 0.6 is 0 Å². The van der Waals surface area contributed by atoms with E-state index in [0.717, 1.165) is 38.6 Å². The van der Waals surface area contributed by atoms with E-state index in [1.54, 1.807) is 13.0 Å². The fraction of sp³-hybridized carbons (Fsp3) is 0.741. The minimum absolute atomic E-state index is 0.0503. The van der Waals surface area contributed by atoms with Gasteiger partial charge in [0.25, 0.3) is 0 Å². The van der Waals surface area contributed by atoms with Crippen molar-refractivity contribution >= 4 is 5.91 Å². The summed E-state index contributed by atoms with van der Waals surface area (Å²) in [6.45, 7) is 13.2. The van der Waals surface area contributed by atoms with E-state index in [0.29, 0.717) is 5.75 Å². The van der Waals surface area contributed by atoms with Gasteiger partial charge < -0.3 is 19.8 Å². The number of amides is 1. The molecule has 2 N–H and O–H groups in total. The molecule has 4 aliphatic carbocycles. The molecule has 1 amide bonds. The summed E-state index contributed by atoms with van der Waals surface area (Å²) >= 11 is 0. The lowest BCUT2D eigenvalue weighted by Gasteiger charge is -2.75. The predicted molar refractivity (Wildman–Crippen MR) is 122 cm³/mol. The molecule has 7 rings (SSSR count). The van der Waals surface area contributed by atoms with Crippen LogP contribution in [0.3, 0.4) is 0 Å². The Morgan fingerprint density at radius 3 is 2.56 bits per heavy atom. The first-order chi connectivity index (χ1) is 14.8. The number of fused-ring (bicyclic) bond motifs is 2. The van der Waals surface area contributed by atoms with Crippen molar-refractivity contribution in [1.29, 1.82) is 0 Å². The molecule has 1 aromatic carbocycles. The quantitative estimate of drug-likeness (QED) is 0.689. The third kappa shape index (κ3) is 1.97. The molecule has 4 fully saturated rings. The van der Waals surface area contributed by atoms with Crippen LogP contribution in [0.15, 0.2) is 12.1 Å². The van der Waals surface area contributed by atoms with Gasteiger partial charge >= 0.3 is 0 Å². The molecule has 4 bridgehead atoms. The monoisotopic (exact) mass is 439 g/mol. The number of aromatic hydroxyl groups is 1. The number of hydrogen-bond acceptors (Lipinski definition) is 4. The molecular weight excluding hydrogens is 402 g/mol. The van der Waals surface area contributed by atoms with Crippen molar-refractivity contribution in [1.82, 2.24) is 4.90 Å². The Hall–Kier alpha value is -1.75. The second-order valence-corrected chi connectivity index (χ2v) is 12.9. The molecule has 7 atom stereocenters. The topological polar surface area (TPSA) is 70.0 Å². The number of piperidine rings is 1. The van der Waals surface area contributed by atoms with Gasteiger partial charge in [0, 0.05) is 41.3 Å². The molecule has 3 saturated carbocycles. The highest BCUT2D eigenvalue weighted by atomic mass is 16.5. The van der Waals surface area contributed by atoms with E-state index < -0.39 is 5.60 Å². The molecular formula is C27H37NO4. The van der Waals surface area contributed by atoms with Crippen molar-refractivity contribution in [3.63, 3.8) is 0 Å². The highest BCUT2D eigenvalue weighted by Gasteiger charge is 2.81. The molecule has 6 aliphatic rings. The number of carbonyl (C=O) groups excluding carboxylic acids is 1. The highest BCUT2D eigenvalue weighted by Crippen LogP contribution is 2.79. The van der Waals surface area contributed by atoms with Gasteiger partial charge in [-0.1, -0.05) is 33.8 Å². The van der Waals surface area contributed by atoms with Crippen molar-refractivity contribution in [3.8, 4) is 11.5 Å². The van der Waals surface area contributed by atoms with Gasteiger partial charge in [0.15, 0.2) is 11.5 Å². The fourth-order valence-corrected chi connectivity index (χ4v) is 9.14. The Morgan fingerprint density at radius 2 is 1.91 bits per heavy atom. The lowest BCUT2D eigenvalue weighted by Crippen LogP contribution is -2.80. The van der Waals surface area contributed by atoms with Crippen LogP contribution in [0, 0.1) is 22.2 Å². The van der Waals surface area contributed by atoms with Crippen molar-refractivity contribution in [2.24, 2.45) is 22.2 Å². The van der Waals surface area contributed by atoms with Crippen LogP contribution in [0.1, 0.15) is 78.4 Å². The minimum Gasteiger partial charge on any atom is -0.504 e. The number of rotatable bonds is 1. The summed E-state index contributed by atoms with van der Waals surface area (Å²) in [5, 5.41) is 22.9. The fourth-order valence-electron chi connectivity index (χ4n) is 9.14. The Kier molecular flexibility index (Phi) is 3.68. The summed E-state index contributed by atoms with van der Waals surface area (Å²) in [6, 6.07) is 3.94. The number of likely N-dealkylation sites (tertiary alicyclic amines) is 1. The molecule has 0 aromatic heterocycles. The van der Waals surface area contributed by atoms with Gasteiger partial charge in [-0.05, 0) is 62.0 Å². The Labute approximate surface area is 191 Å². The molecule has 174 valence electrons. The van der Waals surface area contributed by atoms with Crippen molar-refractivity contribution in [2.75, 3.05) is 6.54 Å².